The maximum Gasteiger partial charge on any atom is 0.238 e. The lowest BCUT2D eigenvalue weighted by Crippen LogP contribution is -2.44. The molecule has 1 atom stereocenters. The van der Waals surface area contributed by atoms with E-state index < -0.39 is 0 Å². The number of benzene rings is 1. The Bertz CT molecular complexity index is 816. The first kappa shape index (κ1) is 19.8. The van der Waals surface area contributed by atoms with Crippen LogP contribution in [0.2, 0.25) is 5.02 Å². The van der Waals surface area contributed by atoms with Crippen LogP contribution in [0.5, 0.6) is 0 Å². The molecular weight excluding hydrogens is 432 g/mol. The van der Waals surface area contributed by atoms with Crippen molar-refractivity contribution in [1.29, 1.82) is 0 Å². The highest BCUT2D eigenvalue weighted by atomic mass is 79.9. The minimum absolute atomic E-state index is 0.0650. The normalized spacial score (nSPS) is 17.3. The number of hydrogen-bond acceptors (Lipinski definition) is 4. The van der Waals surface area contributed by atoms with Crippen LogP contribution in [0.4, 0.5) is 11.5 Å². The predicted molar refractivity (Wildman–Crippen MR) is 110 cm³/mol. The van der Waals surface area contributed by atoms with Crippen molar-refractivity contribution in [2.24, 2.45) is 5.92 Å². The van der Waals surface area contributed by atoms with Crippen molar-refractivity contribution < 1.29 is 9.59 Å². The highest BCUT2D eigenvalue weighted by molar-refractivity contribution is 9.10. The van der Waals surface area contributed by atoms with Crippen LogP contribution in [-0.2, 0) is 9.59 Å². The zero-order valence-corrected chi connectivity index (χ0v) is 17.0. The summed E-state index contributed by atoms with van der Waals surface area (Å²) in [6, 6.07) is 10.6. The molecule has 27 heavy (non-hydrogen) atoms. The number of carbonyl (C=O) groups excluding carboxylic acids is 2. The molecule has 8 heteroatoms. The molecule has 2 amide bonds. The van der Waals surface area contributed by atoms with Gasteiger partial charge in [0.05, 0.1) is 12.5 Å². The highest BCUT2D eigenvalue weighted by Crippen LogP contribution is 2.19. The number of anilines is 2. The first-order valence-corrected chi connectivity index (χ1v) is 9.87. The molecule has 2 N–H and O–H groups in total. The molecule has 1 saturated heterocycles. The molecule has 0 saturated carbocycles. The molecule has 1 aromatic heterocycles. The lowest BCUT2D eigenvalue weighted by Gasteiger charge is -2.31. The van der Waals surface area contributed by atoms with Crippen LogP contribution in [0.25, 0.3) is 0 Å². The van der Waals surface area contributed by atoms with E-state index >= 15 is 0 Å². The number of rotatable bonds is 5. The fourth-order valence-corrected chi connectivity index (χ4v) is 3.49. The van der Waals surface area contributed by atoms with E-state index in [4.69, 9.17) is 11.6 Å². The zero-order valence-electron chi connectivity index (χ0n) is 14.6. The summed E-state index contributed by atoms with van der Waals surface area (Å²) in [6.45, 7) is 1.58. The third kappa shape index (κ3) is 6.02. The molecule has 142 valence electrons. The van der Waals surface area contributed by atoms with E-state index in [0.717, 1.165) is 23.9 Å². The summed E-state index contributed by atoms with van der Waals surface area (Å²) in [6.07, 6.45) is 3.31. The number of likely N-dealkylation sites (tertiary alicyclic amines) is 1. The second-order valence-electron chi connectivity index (χ2n) is 6.48. The van der Waals surface area contributed by atoms with Crippen LogP contribution in [-0.4, -0.2) is 41.3 Å². The third-order valence-corrected chi connectivity index (χ3v) is 5.03. The van der Waals surface area contributed by atoms with Gasteiger partial charge in [0.15, 0.2) is 0 Å². The molecule has 0 aliphatic carbocycles. The van der Waals surface area contributed by atoms with Gasteiger partial charge in [0.25, 0.3) is 0 Å². The summed E-state index contributed by atoms with van der Waals surface area (Å²) in [5.74, 6) is 0.180. The fourth-order valence-electron chi connectivity index (χ4n) is 3.06. The van der Waals surface area contributed by atoms with Crippen molar-refractivity contribution in [3.63, 3.8) is 0 Å². The van der Waals surface area contributed by atoms with E-state index in [1.807, 2.05) is 11.0 Å². The quantitative estimate of drug-likeness (QED) is 0.725. The van der Waals surface area contributed by atoms with Gasteiger partial charge in [-0.05, 0) is 65.6 Å². The SMILES string of the molecule is O=C(CN1CCCC(C(=O)Nc2ccc(Br)cn2)C1)Nc1cccc(Cl)c1. The molecule has 2 heterocycles. The van der Waals surface area contributed by atoms with Crippen LogP contribution in [0.15, 0.2) is 47.1 Å². The van der Waals surface area contributed by atoms with Crippen LogP contribution >= 0.6 is 27.5 Å². The Morgan fingerprint density at radius 2 is 2.11 bits per heavy atom. The van der Waals surface area contributed by atoms with E-state index in [-0.39, 0.29) is 24.3 Å². The van der Waals surface area contributed by atoms with Crippen molar-refractivity contribution in [3.8, 4) is 0 Å². The number of nitrogens with zero attached hydrogens (tertiary/aromatic N) is 2. The molecule has 3 rings (SSSR count). The summed E-state index contributed by atoms with van der Waals surface area (Å²) in [4.78, 5) is 31.0. The zero-order chi connectivity index (χ0) is 19.2. The van der Waals surface area contributed by atoms with E-state index in [1.54, 1.807) is 36.5 Å². The Kier molecular flexibility index (Phi) is 6.82. The lowest BCUT2D eigenvalue weighted by molar-refractivity contribution is -0.123. The largest absolute Gasteiger partial charge is 0.325 e. The predicted octanol–water partition coefficient (Wildman–Crippen LogP) is 3.79. The smallest absolute Gasteiger partial charge is 0.238 e. The number of aromatic nitrogens is 1. The van der Waals surface area contributed by atoms with Gasteiger partial charge in [0, 0.05) is 27.9 Å². The number of pyridine rings is 1. The minimum atomic E-state index is -0.164. The molecule has 1 aliphatic rings. The minimum Gasteiger partial charge on any atom is -0.325 e. The molecule has 1 fully saturated rings. The summed E-state index contributed by atoms with van der Waals surface area (Å²) in [5.41, 5.74) is 0.667. The molecule has 0 radical (unpaired) electrons. The van der Waals surface area contributed by atoms with E-state index in [9.17, 15) is 9.59 Å². The summed E-state index contributed by atoms with van der Waals surface area (Å²) >= 11 is 9.25. The molecule has 0 spiro atoms. The molecule has 1 aromatic carbocycles. The van der Waals surface area contributed by atoms with Gasteiger partial charge < -0.3 is 10.6 Å². The second-order valence-corrected chi connectivity index (χ2v) is 7.84. The molecule has 0 bridgehead atoms. The van der Waals surface area contributed by atoms with Crippen molar-refractivity contribution in [3.05, 3.63) is 52.1 Å². The lowest BCUT2D eigenvalue weighted by atomic mass is 9.97. The first-order chi connectivity index (χ1) is 13.0. The van der Waals surface area contributed by atoms with E-state index in [0.29, 0.717) is 23.1 Å². The maximum absolute atomic E-state index is 12.5. The van der Waals surface area contributed by atoms with Crippen LogP contribution in [0.3, 0.4) is 0 Å². The third-order valence-electron chi connectivity index (χ3n) is 4.33. The van der Waals surface area contributed by atoms with Gasteiger partial charge in [-0.1, -0.05) is 17.7 Å². The van der Waals surface area contributed by atoms with Gasteiger partial charge in [-0.2, -0.15) is 0 Å². The number of piperidine rings is 1. The number of nitrogens with one attached hydrogen (secondary N) is 2. The number of hydrogen-bond donors (Lipinski definition) is 2. The van der Waals surface area contributed by atoms with Crippen molar-refractivity contribution in [2.45, 2.75) is 12.8 Å². The summed E-state index contributed by atoms with van der Waals surface area (Å²) in [7, 11) is 0. The summed E-state index contributed by atoms with van der Waals surface area (Å²) in [5, 5.41) is 6.26. The van der Waals surface area contributed by atoms with Crippen LogP contribution in [0, 0.1) is 5.92 Å². The Labute approximate surface area is 171 Å². The number of carbonyl (C=O) groups is 2. The summed E-state index contributed by atoms with van der Waals surface area (Å²) < 4.78 is 0.857. The molecular formula is C19H20BrClN4O2. The van der Waals surface area contributed by atoms with Gasteiger partial charge in [0.1, 0.15) is 5.82 Å². The van der Waals surface area contributed by atoms with Gasteiger partial charge in [0.2, 0.25) is 11.8 Å². The van der Waals surface area contributed by atoms with Gasteiger partial charge in [-0.25, -0.2) is 4.98 Å². The molecule has 2 aromatic rings. The Balaban J connectivity index is 1.51. The second kappa shape index (κ2) is 9.30. The molecule has 1 aliphatic heterocycles. The first-order valence-electron chi connectivity index (χ1n) is 8.70. The van der Waals surface area contributed by atoms with Crippen LogP contribution < -0.4 is 10.6 Å². The van der Waals surface area contributed by atoms with Gasteiger partial charge in [-0.3, -0.25) is 14.5 Å². The van der Waals surface area contributed by atoms with E-state index in [1.165, 1.54) is 0 Å². The monoisotopic (exact) mass is 450 g/mol. The van der Waals surface area contributed by atoms with Gasteiger partial charge in [-0.15, -0.1) is 0 Å². The highest BCUT2D eigenvalue weighted by Gasteiger charge is 2.27. The fraction of sp³-hybridized carbons (Fsp3) is 0.316. The van der Waals surface area contributed by atoms with Crippen LogP contribution in [0.1, 0.15) is 12.8 Å². The topological polar surface area (TPSA) is 74.3 Å². The average Bonchev–Trinajstić information content (AvgIpc) is 2.63. The molecule has 6 nitrogen and oxygen atoms in total. The van der Waals surface area contributed by atoms with Crippen molar-refractivity contribution >= 4 is 50.9 Å². The maximum atomic E-state index is 12.5. The Morgan fingerprint density at radius 3 is 2.85 bits per heavy atom. The van der Waals surface area contributed by atoms with E-state index in [2.05, 4.69) is 31.5 Å². The number of amides is 2. The van der Waals surface area contributed by atoms with Crippen molar-refractivity contribution in [1.82, 2.24) is 9.88 Å². The Hall–Kier alpha value is -1.96. The van der Waals surface area contributed by atoms with Crippen molar-refractivity contribution in [2.75, 3.05) is 30.3 Å². The number of halogens is 2. The average molecular weight is 452 g/mol. The Morgan fingerprint density at radius 1 is 1.26 bits per heavy atom. The molecule has 1 unspecified atom stereocenters. The van der Waals surface area contributed by atoms with Gasteiger partial charge >= 0.3 is 0 Å². The standard InChI is InChI=1S/C19H20BrClN4O2/c20-14-6-7-17(22-10-14)24-19(27)13-3-2-8-25(11-13)12-18(26)23-16-5-1-4-15(21)9-16/h1,4-7,9-10,13H,2-3,8,11-12H2,(H,23,26)(H,22,24,27).